The van der Waals surface area contributed by atoms with Gasteiger partial charge in [-0.3, -0.25) is 0 Å². The van der Waals surface area contributed by atoms with E-state index in [1.165, 1.54) is 6.07 Å². The number of hydrogen-bond donors (Lipinski definition) is 1. The van der Waals surface area contributed by atoms with Crippen molar-refractivity contribution in [3.63, 3.8) is 0 Å². The SMILES string of the molecule is O=C(Nc1ccccc1F)N(C[C@@H]1CCOC1)C1CC1. The second kappa shape index (κ2) is 5.79. The number of halogens is 1. The molecule has 0 radical (unpaired) electrons. The topological polar surface area (TPSA) is 41.6 Å². The summed E-state index contributed by atoms with van der Waals surface area (Å²) in [4.78, 5) is 14.2. The van der Waals surface area contributed by atoms with E-state index in [2.05, 4.69) is 5.32 Å². The zero-order valence-electron chi connectivity index (χ0n) is 11.3. The van der Waals surface area contributed by atoms with Gasteiger partial charge in [0.1, 0.15) is 5.82 Å². The third-order valence-electron chi connectivity index (χ3n) is 3.84. The number of urea groups is 1. The number of hydrogen-bond acceptors (Lipinski definition) is 2. The summed E-state index contributed by atoms with van der Waals surface area (Å²) in [5.41, 5.74) is 0.242. The zero-order valence-corrected chi connectivity index (χ0v) is 11.3. The standard InChI is InChI=1S/C15H19FN2O2/c16-13-3-1-2-4-14(13)17-15(19)18(12-5-6-12)9-11-7-8-20-10-11/h1-4,11-12H,5-10H2,(H,17,19)/t11-/m0/s1. The minimum Gasteiger partial charge on any atom is -0.381 e. The first-order chi connectivity index (χ1) is 9.74. The third-order valence-corrected chi connectivity index (χ3v) is 3.84. The molecular formula is C15H19FN2O2. The predicted octanol–water partition coefficient (Wildman–Crippen LogP) is 2.86. The second-order valence-electron chi connectivity index (χ2n) is 5.52. The van der Waals surface area contributed by atoms with Crippen LogP contribution in [0.5, 0.6) is 0 Å². The summed E-state index contributed by atoms with van der Waals surface area (Å²) in [6.07, 6.45) is 3.08. The molecule has 3 rings (SSSR count). The molecule has 20 heavy (non-hydrogen) atoms. The minimum atomic E-state index is -0.402. The van der Waals surface area contributed by atoms with Crippen LogP contribution in [0, 0.1) is 11.7 Å². The molecule has 1 aromatic rings. The Labute approximate surface area is 117 Å². The normalized spacial score (nSPS) is 21.8. The van der Waals surface area contributed by atoms with Gasteiger partial charge in [0.05, 0.1) is 12.3 Å². The Kier molecular flexibility index (Phi) is 3.87. The van der Waals surface area contributed by atoms with Crippen molar-refractivity contribution in [1.82, 2.24) is 4.90 Å². The summed E-state index contributed by atoms with van der Waals surface area (Å²) in [6, 6.07) is 6.36. The lowest BCUT2D eigenvalue weighted by atomic mass is 10.1. The first-order valence-corrected chi connectivity index (χ1v) is 7.14. The molecule has 1 aliphatic heterocycles. The Morgan fingerprint density at radius 3 is 2.80 bits per heavy atom. The second-order valence-corrected chi connectivity index (χ2v) is 5.52. The predicted molar refractivity (Wildman–Crippen MR) is 74.1 cm³/mol. The molecule has 1 saturated carbocycles. The molecule has 2 aliphatic rings. The molecule has 1 aliphatic carbocycles. The van der Waals surface area contributed by atoms with E-state index in [0.717, 1.165) is 32.5 Å². The molecule has 0 bridgehead atoms. The monoisotopic (exact) mass is 278 g/mol. The summed E-state index contributed by atoms with van der Waals surface area (Å²) in [6.45, 7) is 2.19. The van der Waals surface area contributed by atoms with E-state index in [4.69, 9.17) is 4.74 Å². The van der Waals surface area contributed by atoms with Crippen LogP contribution < -0.4 is 5.32 Å². The summed E-state index contributed by atoms with van der Waals surface area (Å²) in [5.74, 6) is 0.00256. The van der Waals surface area contributed by atoms with Crippen molar-refractivity contribution in [2.24, 2.45) is 5.92 Å². The third kappa shape index (κ3) is 3.10. The number of benzene rings is 1. The summed E-state index contributed by atoms with van der Waals surface area (Å²) in [5, 5.41) is 2.68. The van der Waals surface area contributed by atoms with Crippen LogP contribution in [0.15, 0.2) is 24.3 Å². The van der Waals surface area contributed by atoms with Crippen molar-refractivity contribution in [3.05, 3.63) is 30.1 Å². The van der Waals surface area contributed by atoms with Crippen molar-refractivity contribution in [2.75, 3.05) is 25.1 Å². The van der Waals surface area contributed by atoms with E-state index in [1.54, 1.807) is 18.2 Å². The van der Waals surface area contributed by atoms with E-state index in [1.807, 2.05) is 4.90 Å². The number of anilines is 1. The van der Waals surface area contributed by atoms with Gasteiger partial charge in [-0.2, -0.15) is 0 Å². The molecule has 1 saturated heterocycles. The van der Waals surface area contributed by atoms with E-state index in [9.17, 15) is 9.18 Å². The van der Waals surface area contributed by atoms with Crippen LogP contribution in [0.4, 0.5) is 14.9 Å². The maximum atomic E-state index is 13.6. The summed E-state index contributed by atoms with van der Waals surface area (Å²) in [7, 11) is 0. The molecule has 4 nitrogen and oxygen atoms in total. The number of carbonyl (C=O) groups excluding carboxylic acids is 1. The molecule has 1 N–H and O–H groups in total. The number of para-hydroxylation sites is 1. The number of ether oxygens (including phenoxy) is 1. The molecule has 0 spiro atoms. The largest absolute Gasteiger partial charge is 0.381 e. The maximum Gasteiger partial charge on any atom is 0.322 e. The Balaban J connectivity index is 1.64. The fraction of sp³-hybridized carbons (Fsp3) is 0.533. The van der Waals surface area contributed by atoms with Gasteiger partial charge < -0.3 is 15.0 Å². The van der Waals surface area contributed by atoms with Gasteiger partial charge in [0.2, 0.25) is 0 Å². The molecule has 1 aromatic carbocycles. The van der Waals surface area contributed by atoms with Crippen LogP contribution >= 0.6 is 0 Å². The Morgan fingerprint density at radius 1 is 1.35 bits per heavy atom. The molecule has 0 unspecified atom stereocenters. The molecular weight excluding hydrogens is 259 g/mol. The van der Waals surface area contributed by atoms with Gasteiger partial charge in [-0.25, -0.2) is 9.18 Å². The Morgan fingerprint density at radius 2 is 2.15 bits per heavy atom. The number of nitrogens with one attached hydrogen (secondary N) is 1. The quantitative estimate of drug-likeness (QED) is 0.920. The van der Waals surface area contributed by atoms with Crippen LogP contribution in [0.25, 0.3) is 0 Å². The lowest BCUT2D eigenvalue weighted by Gasteiger charge is -2.25. The van der Waals surface area contributed by atoms with Crippen molar-refractivity contribution >= 4 is 11.7 Å². The van der Waals surface area contributed by atoms with Crippen LogP contribution in [0.1, 0.15) is 19.3 Å². The fourth-order valence-electron chi connectivity index (χ4n) is 2.54. The highest BCUT2D eigenvalue weighted by atomic mass is 19.1. The van der Waals surface area contributed by atoms with Gasteiger partial charge in [0.25, 0.3) is 0 Å². The smallest absolute Gasteiger partial charge is 0.322 e. The van der Waals surface area contributed by atoms with Crippen LogP contribution in [0.2, 0.25) is 0 Å². The van der Waals surface area contributed by atoms with Gasteiger partial charge >= 0.3 is 6.03 Å². The summed E-state index contributed by atoms with van der Waals surface area (Å²) < 4.78 is 18.9. The van der Waals surface area contributed by atoms with Crippen molar-refractivity contribution in [1.29, 1.82) is 0 Å². The highest BCUT2D eigenvalue weighted by molar-refractivity contribution is 5.89. The summed E-state index contributed by atoms with van der Waals surface area (Å²) >= 11 is 0. The molecule has 1 heterocycles. The van der Waals surface area contributed by atoms with E-state index in [-0.39, 0.29) is 11.7 Å². The average molecular weight is 278 g/mol. The van der Waals surface area contributed by atoms with Crippen molar-refractivity contribution in [2.45, 2.75) is 25.3 Å². The van der Waals surface area contributed by atoms with Crippen LogP contribution in [0.3, 0.4) is 0 Å². The van der Waals surface area contributed by atoms with Gasteiger partial charge in [-0.1, -0.05) is 12.1 Å². The van der Waals surface area contributed by atoms with Crippen LogP contribution in [-0.4, -0.2) is 36.7 Å². The lowest BCUT2D eigenvalue weighted by molar-refractivity contribution is 0.167. The molecule has 0 aromatic heterocycles. The first kappa shape index (κ1) is 13.4. The van der Waals surface area contributed by atoms with Crippen molar-refractivity contribution in [3.8, 4) is 0 Å². The lowest BCUT2D eigenvalue weighted by Crippen LogP contribution is -2.40. The number of nitrogens with zero attached hydrogens (tertiary/aromatic N) is 1. The van der Waals surface area contributed by atoms with E-state index in [0.29, 0.717) is 18.5 Å². The number of amides is 2. The molecule has 5 heteroatoms. The Hall–Kier alpha value is -1.62. The number of carbonyl (C=O) groups is 1. The maximum absolute atomic E-state index is 13.6. The minimum absolute atomic E-state index is 0.204. The first-order valence-electron chi connectivity index (χ1n) is 7.14. The van der Waals surface area contributed by atoms with Gasteiger partial charge in [0.15, 0.2) is 0 Å². The Bertz CT molecular complexity index is 485. The fourth-order valence-corrected chi connectivity index (χ4v) is 2.54. The molecule has 2 amide bonds. The average Bonchev–Trinajstić information content (AvgIpc) is 3.15. The van der Waals surface area contributed by atoms with Crippen LogP contribution in [-0.2, 0) is 4.74 Å². The molecule has 1 atom stereocenters. The number of rotatable bonds is 4. The van der Waals surface area contributed by atoms with Gasteiger partial charge in [0, 0.05) is 25.1 Å². The molecule has 2 fully saturated rings. The zero-order chi connectivity index (χ0) is 13.9. The van der Waals surface area contributed by atoms with Crippen molar-refractivity contribution < 1.29 is 13.9 Å². The van der Waals surface area contributed by atoms with E-state index >= 15 is 0 Å². The molecule has 108 valence electrons. The van der Waals surface area contributed by atoms with Gasteiger partial charge in [-0.15, -0.1) is 0 Å². The van der Waals surface area contributed by atoms with E-state index < -0.39 is 5.82 Å². The van der Waals surface area contributed by atoms with Gasteiger partial charge in [-0.05, 0) is 31.4 Å². The highest BCUT2D eigenvalue weighted by Gasteiger charge is 2.35. The highest BCUT2D eigenvalue weighted by Crippen LogP contribution is 2.29.